The van der Waals surface area contributed by atoms with Crippen molar-refractivity contribution in [3.05, 3.63) is 40.0 Å². The van der Waals surface area contributed by atoms with Crippen LogP contribution in [-0.2, 0) is 0 Å². The molecule has 1 saturated heterocycles. The Hall–Kier alpha value is -2.84. The first-order valence-corrected chi connectivity index (χ1v) is 10.7. The summed E-state index contributed by atoms with van der Waals surface area (Å²) < 4.78 is 0.876. The monoisotopic (exact) mass is 408 g/mol. The van der Waals surface area contributed by atoms with Gasteiger partial charge in [-0.25, -0.2) is 4.98 Å². The molecule has 1 fully saturated rings. The summed E-state index contributed by atoms with van der Waals surface area (Å²) in [7, 11) is 2.18. The summed E-state index contributed by atoms with van der Waals surface area (Å²) in [4.78, 5) is 28.3. The van der Waals surface area contributed by atoms with Gasteiger partial charge in [-0.1, -0.05) is 0 Å². The van der Waals surface area contributed by atoms with Gasteiger partial charge < -0.3 is 20.6 Å². The lowest BCUT2D eigenvalue weighted by atomic mass is 10.1. The van der Waals surface area contributed by atoms with Crippen molar-refractivity contribution in [1.82, 2.24) is 19.9 Å². The van der Waals surface area contributed by atoms with E-state index < -0.39 is 0 Å². The number of pyridine rings is 1. The number of likely N-dealkylation sites (N-methyl/N-ethyl adjacent to an activating group) is 1. The molecule has 2 atom stereocenters. The summed E-state index contributed by atoms with van der Waals surface area (Å²) in [6.07, 6.45) is 0. The number of thiophene rings is 1. The van der Waals surface area contributed by atoms with E-state index in [-0.39, 0.29) is 5.56 Å². The molecule has 0 radical (unpaired) electrons. The number of imidazole rings is 1. The van der Waals surface area contributed by atoms with Crippen LogP contribution in [0.4, 0.5) is 11.4 Å². The highest BCUT2D eigenvalue weighted by Crippen LogP contribution is 2.32. The minimum absolute atomic E-state index is 0.227. The van der Waals surface area contributed by atoms with Gasteiger partial charge in [0.15, 0.2) is 0 Å². The molecule has 0 spiro atoms. The number of nitrogen functional groups attached to an aromatic ring is 1. The van der Waals surface area contributed by atoms with Gasteiger partial charge in [0.05, 0.1) is 26.9 Å². The number of hydrogen-bond acceptors (Lipinski definition) is 6. The quantitative estimate of drug-likeness (QED) is 0.473. The maximum Gasteiger partial charge on any atom is 0.261 e. The number of benzene rings is 1. The van der Waals surface area contributed by atoms with Crippen molar-refractivity contribution in [3.63, 3.8) is 0 Å². The van der Waals surface area contributed by atoms with E-state index in [1.54, 1.807) is 0 Å². The van der Waals surface area contributed by atoms with Crippen molar-refractivity contribution in [2.24, 2.45) is 0 Å². The summed E-state index contributed by atoms with van der Waals surface area (Å²) in [5.41, 5.74) is 10.6. The van der Waals surface area contributed by atoms with Crippen LogP contribution in [0.3, 0.4) is 0 Å². The molecule has 4 heterocycles. The third-order valence-corrected chi connectivity index (χ3v) is 7.03. The predicted molar refractivity (Wildman–Crippen MR) is 121 cm³/mol. The first kappa shape index (κ1) is 18.2. The Morgan fingerprint density at radius 3 is 2.66 bits per heavy atom. The van der Waals surface area contributed by atoms with Gasteiger partial charge in [-0.15, -0.1) is 11.3 Å². The van der Waals surface area contributed by atoms with Crippen molar-refractivity contribution in [3.8, 4) is 11.4 Å². The van der Waals surface area contributed by atoms with E-state index in [4.69, 9.17) is 5.73 Å². The standard InChI is InChI=1S/C21H24N6OS/c1-11-9-27(10-12(2)26(11)3)13-4-5-14-16(8-13)24-20(23-14)17-18(22)19-15(6-7-29-19)25-21(17)28/h4-8,11-12H,9-10H2,1-3H3,(H,23,24)(H3,22,25,28)/t11-,12+. The molecule has 5 rings (SSSR count). The number of nitrogens with zero attached hydrogens (tertiary/aromatic N) is 3. The largest absolute Gasteiger partial charge is 0.397 e. The van der Waals surface area contributed by atoms with Crippen LogP contribution in [0.2, 0.25) is 0 Å². The van der Waals surface area contributed by atoms with Crippen LogP contribution in [0.15, 0.2) is 34.4 Å². The molecule has 0 amide bonds. The van der Waals surface area contributed by atoms with Gasteiger partial charge in [0.25, 0.3) is 5.56 Å². The molecular weight excluding hydrogens is 384 g/mol. The molecule has 3 aromatic heterocycles. The number of H-pyrrole nitrogens is 2. The summed E-state index contributed by atoms with van der Waals surface area (Å²) in [6, 6.07) is 9.07. The topological polar surface area (TPSA) is 94.0 Å². The Bertz CT molecular complexity index is 1260. The van der Waals surface area contributed by atoms with Crippen LogP contribution < -0.4 is 16.2 Å². The first-order chi connectivity index (χ1) is 13.9. The zero-order valence-corrected chi connectivity index (χ0v) is 17.5. The fourth-order valence-electron chi connectivity index (χ4n) is 4.20. The van der Waals surface area contributed by atoms with E-state index in [2.05, 4.69) is 57.8 Å². The second kappa shape index (κ2) is 6.60. The Balaban J connectivity index is 1.56. The molecule has 1 aliphatic heterocycles. The Labute approximate surface area is 172 Å². The molecule has 29 heavy (non-hydrogen) atoms. The average Bonchev–Trinajstić information content (AvgIpc) is 3.31. The van der Waals surface area contributed by atoms with Gasteiger partial charge >= 0.3 is 0 Å². The molecule has 0 saturated carbocycles. The molecule has 7 nitrogen and oxygen atoms in total. The number of piperazine rings is 1. The van der Waals surface area contributed by atoms with E-state index in [1.807, 2.05) is 17.5 Å². The number of rotatable bonds is 2. The van der Waals surface area contributed by atoms with Crippen LogP contribution >= 0.6 is 11.3 Å². The SMILES string of the molecule is C[C@@H]1CN(c2ccc3nc(-c4c(N)c5sccc5[nH]c4=O)[nH]c3c2)C[C@H](C)N1C. The van der Waals surface area contributed by atoms with Crippen molar-refractivity contribution in [2.45, 2.75) is 25.9 Å². The number of hydrogen-bond donors (Lipinski definition) is 3. The number of aromatic amines is 2. The molecule has 0 bridgehead atoms. The molecule has 1 aromatic carbocycles. The number of nitrogens with one attached hydrogen (secondary N) is 2. The van der Waals surface area contributed by atoms with Gasteiger partial charge in [-0.2, -0.15) is 0 Å². The average molecular weight is 409 g/mol. The highest BCUT2D eigenvalue weighted by molar-refractivity contribution is 7.17. The maximum absolute atomic E-state index is 12.6. The molecule has 1 aliphatic rings. The minimum atomic E-state index is -0.227. The fraction of sp³-hybridized carbons (Fsp3) is 0.333. The van der Waals surface area contributed by atoms with E-state index in [0.29, 0.717) is 29.2 Å². The smallest absolute Gasteiger partial charge is 0.261 e. The van der Waals surface area contributed by atoms with E-state index in [1.165, 1.54) is 11.3 Å². The van der Waals surface area contributed by atoms with Crippen LogP contribution in [0.1, 0.15) is 13.8 Å². The molecular formula is C21H24N6OS. The van der Waals surface area contributed by atoms with Gasteiger partial charge in [-0.3, -0.25) is 9.69 Å². The van der Waals surface area contributed by atoms with Crippen molar-refractivity contribution < 1.29 is 0 Å². The minimum Gasteiger partial charge on any atom is -0.397 e. The van der Waals surface area contributed by atoms with Crippen LogP contribution in [0.25, 0.3) is 32.6 Å². The lowest BCUT2D eigenvalue weighted by Crippen LogP contribution is -2.55. The molecule has 4 aromatic rings. The number of anilines is 2. The van der Waals surface area contributed by atoms with Crippen LogP contribution in [0.5, 0.6) is 0 Å². The Morgan fingerprint density at radius 2 is 1.90 bits per heavy atom. The fourth-order valence-corrected chi connectivity index (χ4v) is 5.02. The van der Waals surface area contributed by atoms with Gasteiger partial charge in [-0.05, 0) is 50.5 Å². The summed E-state index contributed by atoms with van der Waals surface area (Å²) in [6.45, 7) is 6.47. The summed E-state index contributed by atoms with van der Waals surface area (Å²) >= 11 is 1.51. The zero-order valence-electron chi connectivity index (χ0n) is 16.7. The lowest BCUT2D eigenvalue weighted by Gasteiger charge is -2.43. The molecule has 8 heteroatoms. The first-order valence-electron chi connectivity index (χ1n) is 9.78. The Kier molecular flexibility index (Phi) is 4.15. The predicted octanol–water partition coefficient (Wildman–Crippen LogP) is 3.24. The molecule has 4 N–H and O–H groups in total. The van der Waals surface area contributed by atoms with E-state index >= 15 is 0 Å². The normalized spacial score (nSPS) is 20.7. The number of aromatic nitrogens is 3. The maximum atomic E-state index is 12.6. The Morgan fingerprint density at radius 1 is 1.14 bits per heavy atom. The summed E-state index contributed by atoms with van der Waals surface area (Å²) in [5.74, 6) is 0.506. The van der Waals surface area contributed by atoms with E-state index in [9.17, 15) is 4.79 Å². The van der Waals surface area contributed by atoms with E-state index in [0.717, 1.165) is 40.0 Å². The molecule has 0 unspecified atom stereocenters. The second-order valence-electron chi connectivity index (χ2n) is 7.96. The summed E-state index contributed by atoms with van der Waals surface area (Å²) in [5, 5.41) is 1.92. The van der Waals surface area contributed by atoms with Crippen molar-refractivity contribution >= 4 is 44.0 Å². The van der Waals surface area contributed by atoms with Crippen LogP contribution in [-0.4, -0.2) is 52.1 Å². The van der Waals surface area contributed by atoms with Crippen molar-refractivity contribution in [1.29, 1.82) is 0 Å². The molecule has 150 valence electrons. The third kappa shape index (κ3) is 2.90. The number of fused-ring (bicyclic) bond motifs is 2. The molecule has 0 aliphatic carbocycles. The lowest BCUT2D eigenvalue weighted by molar-refractivity contribution is 0.170. The highest BCUT2D eigenvalue weighted by Gasteiger charge is 2.27. The van der Waals surface area contributed by atoms with Gasteiger partial charge in [0, 0.05) is 30.9 Å². The third-order valence-electron chi connectivity index (χ3n) is 6.08. The van der Waals surface area contributed by atoms with Crippen LogP contribution in [0, 0.1) is 0 Å². The number of nitrogens with two attached hydrogens (primary N) is 1. The zero-order chi connectivity index (χ0) is 20.3. The van der Waals surface area contributed by atoms with Gasteiger partial charge in [0.1, 0.15) is 11.4 Å². The van der Waals surface area contributed by atoms with Gasteiger partial charge in [0.2, 0.25) is 0 Å². The highest BCUT2D eigenvalue weighted by atomic mass is 32.1. The second-order valence-corrected chi connectivity index (χ2v) is 8.88. The van der Waals surface area contributed by atoms with Crippen molar-refractivity contribution in [2.75, 3.05) is 30.8 Å².